The maximum atomic E-state index is 11.8. The van der Waals surface area contributed by atoms with Crippen LogP contribution < -0.4 is 10.6 Å². The van der Waals surface area contributed by atoms with Crippen LogP contribution in [0.4, 0.5) is 5.69 Å². The molecule has 0 unspecified atom stereocenters. The van der Waals surface area contributed by atoms with E-state index in [4.69, 9.17) is 21.4 Å². The molecule has 1 aromatic carbocycles. The molecule has 0 saturated heterocycles. The summed E-state index contributed by atoms with van der Waals surface area (Å²) in [6.45, 7) is 3.43. The molecule has 0 bridgehead atoms. The predicted molar refractivity (Wildman–Crippen MR) is 91.1 cm³/mol. The van der Waals surface area contributed by atoms with Crippen LogP contribution in [0.25, 0.3) is 0 Å². The fourth-order valence-electron chi connectivity index (χ4n) is 1.79. The molecular weight excluding hydrogens is 332 g/mol. The number of aromatic hydroxyl groups is 1. The van der Waals surface area contributed by atoms with E-state index in [1.165, 1.54) is 30.5 Å². The number of phenols is 1. The second kappa shape index (κ2) is 7.60. The van der Waals surface area contributed by atoms with Gasteiger partial charge in [-0.1, -0.05) is 0 Å². The monoisotopic (exact) mass is 348 g/mol. The number of furan rings is 1. The Labute approximate surface area is 143 Å². The number of benzene rings is 1. The number of esters is 1. The highest BCUT2D eigenvalue weighted by Crippen LogP contribution is 2.23. The molecule has 126 valence electrons. The summed E-state index contributed by atoms with van der Waals surface area (Å²) in [6, 6.07) is 7.32. The first-order valence-electron chi connectivity index (χ1n) is 7.06. The van der Waals surface area contributed by atoms with Gasteiger partial charge in [-0.15, -0.1) is 0 Å². The van der Waals surface area contributed by atoms with E-state index < -0.39 is 11.9 Å². The standard InChI is InChI=1S/C16H16N2O5S/c1-9(2)23-15(21)11-6-5-10(8-12(11)19)17-16(24)18-14(20)13-4-3-7-22-13/h3-9,19H,1-2H3,(H2,17,18,20,24). The van der Waals surface area contributed by atoms with Gasteiger partial charge in [0.1, 0.15) is 11.3 Å². The second-order valence-electron chi connectivity index (χ2n) is 5.07. The molecule has 0 spiro atoms. The Kier molecular flexibility index (Phi) is 5.54. The summed E-state index contributed by atoms with van der Waals surface area (Å²) in [6.07, 6.45) is 1.08. The maximum Gasteiger partial charge on any atom is 0.342 e. The quantitative estimate of drug-likeness (QED) is 0.577. The number of amides is 1. The number of thiocarbonyl (C=S) groups is 1. The summed E-state index contributed by atoms with van der Waals surface area (Å²) in [5.74, 6) is -1.26. The molecule has 1 amide bonds. The van der Waals surface area contributed by atoms with Crippen molar-refractivity contribution in [1.29, 1.82) is 0 Å². The zero-order valence-electron chi connectivity index (χ0n) is 13.0. The maximum absolute atomic E-state index is 11.8. The van der Waals surface area contributed by atoms with E-state index in [1.54, 1.807) is 19.9 Å². The Morgan fingerprint density at radius 1 is 1.29 bits per heavy atom. The van der Waals surface area contributed by atoms with Gasteiger partial charge in [-0.2, -0.15) is 0 Å². The fourth-order valence-corrected chi connectivity index (χ4v) is 2.00. The van der Waals surface area contributed by atoms with Crippen molar-refractivity contribution in [3.05, 3.63) is 47.9 Å². The van der Waals surface area contributed by atoms with Crippen molar-refractivity contribution in [2.45, 2.75) is 20.0 Å². The molecule has 2 rings (SSSR count). The van der Waals surface area contributed by atoms with Gasteiger partial charge in [-0.3, -0.25) is 10.1 Å². The van der Waals surface area contributed by atoms with E-state index in [1.807, 2.05) is 0 Å². The molecule has 7 nitrogen and oxygen atoms in total. The van der Waals surface area contributed by atoms with Crippen molar-refractivity contribution in [2.75, 3.05) is 5.32 Å². The number of carbonyl (C=O) groups excluding carboxylic acids is 2. The minimum atomic E-state index is -0.622. The summed E-state index contributed by atoms with van der Waals surface area (Å²) in [7, 11) is 0. The predicted octanol–water partition coefficient (Wildman–Crippen LogP) is 2.68. The molecule has 0 saturated carbocycles. The lowest BCUT2D eigenvalue weighted by molar-refractivity contribution is 0.0374. The lowest BCUT2D eigenvalue weighted by Crippen LogP contribution is -2.33. The number of nitrogens with one attached hydrogen (secondary N) is 2. The molecule has 0 fully saturated rings. The Morgan fingerprint density at radius 3 is 2.62 bits per heavy atom. The van der Waals surface area contributed by atoms with Gasteiger partial charge in [-0.25, -0.2) is 4.79 Å². The lowest BCUT2D eigenvalue weighted by Gasteiger charge is -2.12. The Morgan fingerprint density at radius 2 is 2.04 bits per heavy atom. The third-order valence-electron chi connectivity index (χ3n) is 2.79. The van der Waals surface area contributed by atoms with Crippen LogP contribution in [0, 0.1) is 0 Å². The van der Waals surface area contributed by atoms with Gasteiger partial charge in [0, 0.05) is 11.8 Å². The van der Waals surface area contributed by atoms with Crippen LogP contribution in [0.5, 0.6) is 5.75 Å². The Bertz CT molecular complexity index is 756. The zero-order chi connectivity index (χ0) is 17.7. The third kappa shape index (κ3) is 4.56. The van der Waals surface area contributed by atoms with Crippen molar-refractivity contribution in [1.82, 2.24) is 5.32 Å². The number of hydrogen-bond donors (Lipinski definition) is 3. The molecule has 0 aliphatic rings. The summed E-state index contributed by atoms with van der Waals surface area (Å²) >= 11 is 5.01. The number of carbonyl (C=O) groups is 2. The van der Waals surface area contributed by atoms with Gasteiger partial charge >= 0.3 is 5.97 Å². The van der Waals surface area contributed by atoms with Crippen LogP contribution in [-0.4, -0.2) is 28.2 Å². The summed E-state index contributed by atoms with van der Waals surface area (Å²) in [4.78, 5) is 23.6. The van der Waals surface area contributed by atoms with Crippen LogP contribution >= 0.6 is 12.2 Å². The van der Waals surface area contributed by atoms with E-state index in [0.29, 0.717) is 5.69 Å². The fraction of sp³-hybridized carbons (Fsp3) is 0.188. The smallest absolute Gasteiger partial charge is 0.342 e. The minimum Gasteiger partial charge on any atom is -0.507 e. The van der Waals surface area contributed by atoms with Crippen LogP contribution in [0.15, 0.2) is 41.0 Å². The number of phenolic OH excluding ortho intramolecular Hbond substituents is 1. The number of ether oxygens (including phenoxy) is 1. The Balaban J connectivity index is 2.00. The summed E-state index contributed by atoms with van der Waals surface area (Å²) < 4.78 is 9.97. The summed E-state index contributed by atoms with van der Waals surface area (Å²) in [5.41, 5.74) is 0.443. The minimum absolute atomic E-state index is 0.0216. The van der Waals surface area contributed by atoms with E-state index in [0.717, 1.165) is 0 Å². The highest BCUT2D eigenvalue weighted by molar-refractivity contribution is 7.80. The van der Waals surface area contributed by atoms with Gasteiger partial charge in [0.2, 0.25) is 0 Å². The molecule has 0 radical (unpaired) electrons. The second-order valence-corrected chi connectivity index (χ2v) is 5.48. The number of hydrogen-bond acceptors (Lipinski definition) is 6. The van der Waals surface area contributed by atoms with Crippen molar-refractivity contribution >= 4 is 34.9 Å². The SMILES string of the molecule is CC(C)OC(=O)c1ccc(NC(=S)NC(=O)c2ccco2)cc1O. The van der Waals surface area contributed by atoms with Crippen molar-refractivity contribution in [2.24, 2.45) is 0 Å². The summed E-state index contributed by atoms with van der Waals surface area (Å²) in [5, 5.41) is 15.1. The van der Waals surface area contributed by atoms with Gasteiger partial charge in [0.15, 0.2) is 10.9 Å². The number of anilines is 1. The van der Waals surface area contributed by atoms with E-state index >= 15 is 0 Å². The molecule has 8 heteroatoms. The van der Waals surface area contributed by atoms with E-state index in [2.05, 4.69) is 10.6 Å². The van der Waals surface area contributed by atoms with Gasteiger partial charge < -0.3 is 19.6 Å². The van der Waals surface area contributed by atoms with Crippen LogP contribution in [0.2, 0.25) is 0 Å². The van der Waals surface area contributed by atoms with E-state index in [-0.39, 0.29) is 28.3 Å². The van der Waals surface area contributed by atoms with Gasteiger partial charge in [0.25, 0.3) is 5.91 Å². The van der Waals surface area contributed by atoms with Crippen LogP contribution in [0.3, 0.4) is 0 Å². The molecule has 3 N–H and O–H groups in total. The van der Waals surface area contributed by atoms with Crippen molar-refractivity contribution in [3.63, 3.8) is 0 Å². The van der Waals surface area contributed by atoms with E-state index in [9.17, 15) is 14.7 Å². The molecule has 0 atom stereocenters. The molecule has 2 aromatic rings. The lowest BCUT2D eigenvalue weighted by atomic mass is 10.2. The average Bonchev–Trinajstić information content (AvgIpc) is 3.00. The first-order valence-corrected chi connectivity index (χ1v) is 7.47. The van der Waals surface area contributed by atoms with Gasteiger partial charge in [0.05, 0.1) is 12.4 Å². The largest absolute Gasteiger partial charge is 0.507 e. The number of rotatable bonds is 4. The first kappa shape index (κ1) is 17.5. The molecule has 24 heavy (non-hydrogen) atoms. The van der Waals surface area contributed by atoms with Crippen LogP contribution in [-0.2, 0) is 4.74 Å². The van der Waals surface area contributed by atoms with Crippen molar-refractivity contribution < 1.29 is 23.8 Å². The normalized spacial score (nSPS) is 10.3. The zero-order valence-corrected chi connectivity index (χ0v) is 13.8. The van der Waals surface area contributed by atoms with Crippen LogP contribution in [0.1, 0.15) is 34.8 Å². The highest BCUT2D eigenvalue weighted by atomic mass is 32.1. The molecule has 1 heterocycles. The molecule has 0 aliphatic carbocycles. The van der Waals surface area contributed by atoms with Gasteiger partial charge in [-0.05, 0) is 50.3 Å². The van der Waals surface area contributed by atoms with Crippen molar-refractivity contribution in [3.8, 4) is 5.75 Å². The molecule has 1 aromatic heterocycles. The third-order valence-corrected chi connectivity index (χ3v) is 2.99. The molecule has 0 aliphatic heterocycles. The average molecular weight is 348 g/mol. The molecular formula is C16H16N2O5S. The topological polar surface area (TPSA) is 101 Å². The Hall–Kier alpha value is -2.87. The highest BCUT2D eigenvalue weighted by Gasteiger charge is 2.15. The first-order chi connectivity index (χ1) is 11.4.